The highest BCUT2D eigenvalue weighted by Crippen LogP contribution is 2.31. The molecule has 0 atom stereocenters. The Bertz CT molecular complexity index is 2720. The Morgan fingerprint density at radius 1 is 0.321 bits per heavy atom. The van der Waals surface area contributed by atoms with Gasteiger partial charge in [-0.2, -0.15) is 0 Å². The molecule has 78 heavy (non-hydrogen) atoms. The van der Waals surface area contributed by atoms with Crippen LogP contribution in [0.15, 0.2) is 152 Å². The monoisotopic (exact) mass is 1060 g/mol. The summed E-state index contributed by atoms with van der Waals surface area (Å²) in [5.74, 6) is 1.15. The summed E-state index contributed by atoms with van der Waals surface area (Å²) >= 11 is 0. The zero-order valence-electron chi connectivity index (χ0n) is 43.8. The highest BCUT2D eigenvalue weighted by atomic mass is 16.5. The molecule has 0 saturated heterocycles. The van der Waals surface area contributed by atoms with Crippen LogP contribution in [0.3, 0.4) is 0 Å². The fourth-order valence-electron chi connectivity index (χ4n) is 7.88. The number of benzene rings is 7. The number of carbonyl (C=O) groups is 4. The van der Waals surface area contributed by atoms with Gasteiger partial charge in [0.05, 0.1) is 63.9 Å². The average Bonchev–Trinajstić information content (AvgIpc) is 3.48. The van der Waals surface area contributed by atoms with Gasteiger partial charge in [-0.15, -0.1) is 0 Å². The largest absolute Gasteiger partial charge is 0.489 e. The number of carbonyl (C=O) groups excluding carboxylic acids is 4. The first-order valence-corrected chi connectivity index (χ1v) is 24.8. The summed E-state index contributed by atoms with van der Waals surface area (Å²) in [6.45, 7) is 1.67. The first-order chi connectivity index (χ1) is 37.9. The van der Waals surface area contributed by atoms with Gasteiger partial charge in [0, 0.05) is 37.8 Å². The van der Waals surface area contributed by atoms with Gasteiger partial charge in [-0.25, -0.2) is 19.2 Å². The van der Waals surface area contributed by atoms with E-state index in [0.29, 0.717) is 87.5 Å². The summed E-state index contributed by atoms with van der Waals surface area (Å²) in [5.41, 5.74) is 7.13. The number of esters is 4. The second-order valence-corrected chi connectivity index (χ2v) is 17.6. The van der Waals surface area contributed by atoms with E-state index < -0.39 is 23.9 Å². The lowest BCUT2D eigenvalue weighted by atomic mass is 10.1. The molecule has 0 aliphatic heterocycles. The molecular weight excluding hydrogens is 1000 g/mol. The van der Waals surface area contributed by atoms with Crippen LogP contribution in [0.4, 0.5) is 0 Å². The Hall–Kier alpha value is -8.90. The third kappa shape index (κ3) is 17.1. The van der Waals surface area contributed by atoms with E-state index in [1.54, 1.807) is 115 Å². The number of aliphatic hydroxyl groups excluding tert-OH is 2. The fraction of sp³-hybridized carbons (Fsp3) is 0.246. The average molecular weight is 1060 g/mol. The molecule has 0 radical (unpaired) electrons. The summed E-state index contributed by atoms with van der Waals surface area (Å²) in [4.78, 5) is 50.0. The molecule has 0 bridgehead atoms. The van der Waals surface area contributed by atoms with E-state index in [0.717, 1.165) is 27.8 Å². The molecule has 7 aromatic carbocycles. The molecule has 0 aliphatic rings. The molecule has 0 aliphatic carbocycles. The number of ether oxygens (including phenoxy) is 10. The number of rotatable bonds is 28. The minimum atomic E-state index is -0.442. The minimum Gasteiger partial charge on any atom is -0.489 e. The second kappa shape index (κ2) is 28.8. The summed E-state index contributed by atoms with van der Waals surface area (Å²) in [7, 11) is 5.31. The SMILES string of the molecule is COC(=O)c1ccc(COc2cc(COc3cc(CN(CCO)CCO)cc(OCc4cc(OCc5ccc(C(=O)OC)cc5)cc(OCc5ccc(C(=O)OC)cc5)c4)c3)cc(OCc3ccc(C(=O)OC)cc3)c2)cc1. The highest BCUT2D eigenvalue weighted by molar-refractivity contribution is 5.90. The minimum absolute atomic E-state index is 0.0754. The third-order valence-corrected chi connectivity index (χ3v) is 12.0. The second-order valence-electron chi connectivity index (χ2n) is 17.6. The maximum Gasteiger partial charge on any atom is 0.337 e. The molecule has 2 N–H and O–H groups in total. The predicted molar refractivity (Wildman–Crippen MR) is 286 cm³/mol. The van der Waals surface area contributed by atoms with E-state index >= 15 is 0 Å². The molecule has 17 heteroatoms. The van der Waals surface area contributed by atoms with Crippen LogP contribution in [0.2, 0.25) is 0 Å². The molecule has 406 valence electrons. The molecule has 0 saturated carbocycles. The lowest BCUT2D eigenvalue weighted by Gasteiger charge is -2.21. The van der Waals surface area contributed by atoms with Crippen molar-refractivity contribution < 1.29 is 76.8 Å². The van der Waals surface area contributed by atoms with Crippen LogP contribution >= 0.6 is 0 Å². The topological polar surface area (TPSA) is 204 Å². The Kier molecular flexibility index (Phi) is 21.0. The van der Waals surface area contributed by atoms with Gasteiger partial charge < -0.3 is 57.6 Å². The first kappa shape index (κ1) is 56.8. The summed E-state index contributed by atoms with van der Waals surface area (Å²) < 4.78 is 57.4. The van der Waals surface area contributed by atoms with Crippen LogP contribution in [0.1, 0.15) is 80.4 Å². The summed E-state index contributed by atoms with van der Waals surface area (Å²) in [5, 5.41) is 19.7. The summed E-state index contributed by atoms with van der Waals surface area (Å²) in [6.07, 6.45) is 0. The van der Waals surface area contributed by atoms with Crippen LogP contribution in [0.5, 0.6) is 34.5 Å². The lowest BCUT2D eigenvalue weighted by molar-refractivity contribution is 0.0592. The van der Waals surface area contributed by atoms with Crippen molar-refractivity contribution in [2.45, 2.75) is 46.2 Å². The molecule has 7 rings (SSSR count). The van der Waals surface area contributed by atoms with E-state index in [1.165, 1.54) is 28.4 Å². The van der Waals surface area contributed by atoms with E-state index in [2.05, 4.69) is 0 Å². The fourth-order valence-corrected chi connectivity index (χ4v) is 7.88. The van der Waals surface area contributed by atoms with Gasteiger partial charge in [0.2, 0.25) is 0 Å². The van der Waals surface area contributed by atoms with E-state index in [4.69, 9.17) is 47.4 Å². The number of methoxy groups -OCH3 is 4. The third-order valence-electron chi connectivity index (χ3n) is 12.0. The van der Waals surface area contributed by atoms with Gasteiger partial charge in [0.1, 0.15) is 74.1 Å². The van der Waals surface area contributed by atoms with Crippen LogP contribution < -0.4 is 28.4 Å². The number of hydrogen-bond acceptors (Lipinski definition) is 17. The van der Waals surface area contributed by atoms with Crippen molar-refractivity contribution in [2.24, 2.45) is 0 Å². The zero-order chi connectivity index (χ0) is 55.2. The zero-order valence-corrected chi connectivity index (χ0v) is 43.8. The first-order valence-electron chi connectivity index (χ1n) is 24.8. The predicted octanol–water partition coefficient (Wildman–Crippen LogP) is 9.09. The normalized spacial score (nSPS) is 10.8. The van der Waals surface area contributed by atoms with Crippen molar-refractivity contribution in [3.05, 3.63) is 213 Å². The molecule has 0 unspecified atom stereocenters. The quantitative estimate of drug-likeness (QED) is 0.0347. The van der Waals surface area contributed by atoms with Crippen molar-refractivity contribution >= 4 is 23.9 Å². The maximum absolute atomic E-state index is 12.0. The van der Waals surface area contributed by atoms with Crippen LogP contribution in [-0.2, 0) is 65.1 Å². The maximum atomic E-state index is 12.0. The van der Waals surface area contributed by atoms with Crippen molar-refractivity contribution in [1.29, 1.82) is 0 Å². The molecule has 0 spiro atoms. The Balaban J connectivity index is 1.13. The summed E-state index contributed by atoms with van der Waals surface area (Å²) in [6, 6.07) is 44.1. The molecule has 0 amide bonds. The van der Waals surface area contributed by atoms with Gasteiger partial charge in [0.15, 0.2) is 0 Å². The number of hydrogen-bond donors (Lipinski definition) is 2. The lowest BCUT2D eigenvalue weighted by Crippen LogP contribution is -2.29. The smallest absolute Gasteiger partial charge is 0.337 e. The van der Waals surface area contributed by atoms with Crippen molar-refractivity contribution in [3.63, 3.8) is 0 Å². The van der Waals surface area contributed by atoms with Crippen LogP contribution in [0, 0.1) is 0 Å². The Morgan fingerprint density at radius 3 is 0.756 bits per heavy atom. The van der Waals surface area contributed by atoms with Crippen LogP contribution in [0.25, 0.3) is 0 Å². The Labute approximate surface area is 452 Å². The number of aliphatic hydroxyl groups is 2. The highest BCUT2D eigenvalue weighted by Gasteiger charge is 2.15. The van der Waals surface area contributed by atoms with E-state index in [1.807, 2.05) is 41.3 Å². The van der Waals surface area contributed by atoms with Gasteiger partial charge in [0.25, 0.3) is 0 Å². The molecule has 0 aromatic heterocycles. The van der Waals surface area contributed by atoms with Gasteiger partial charge >= 0.3 is 23.9 Å². The van der Waals surface area contributed by atoms with Crippen molar-refractivity contribution in [2.75, 3.05) is 54.7 Å². The molecular formula is C61H61NO16. The van der Waals surface area contributed by atoms with E-state index in [9.17, 15) is 29.4 Å². The van der Waals surface area contributed by atoms with E-state index in [-0.39, 0.29) is 52.9 Å². The van der Waals surface area contributed by atoms with Gasteiger partial charge in [-0.1, -0.05) is 48.5 Å². The molecule has 17 nitrogen and oxygen atoms in total. The van der Waals surface area contributed by atoms with Crippen molar-refractivity contribution in [1.82, 2.24) is 4.90 Å². The number of nitrogens with zero attached hydrogens (tertiary/aromatic N) is 1. The molecule has 7 aromatic rings. The van der Waals surface area contributed by atoms with Gasteiger partial charge in [-0.05, 0) is 124 Å². The molecule has 0 heterocycles. The van der Waals surface area contributed by atoms with Crippen molar-refractivity contribution in [3.8, 4) is 34.5 Å². The van der Waals surface area contributed by atoms with Crippen LogP contribution in [-0.4, -0.2) is 93.7 Å². The standard InChI is InChI=1S/C61H61NO16/c1-69-58(65)48-13-5-41(6-14-48)35-73-54-27-46(28-55(32-54)74-36-42-7-15-49(16-8-42)59(66)70-2)39-77-52-25-45(34-62(21-23-63)22-24-64)26-53(31-52)78-40-47-29-56(75-37-43-9-17-50(18-10-43)60(67)71-3)33-57(30-47)76-38-44-11-19-51(20-12-44)61(68)72-4/h5-20,25-33,63-64H,21-24,34-40H2,1-4H3. The Morgan fingerprint density at radius 2 is 0.538 bits per heavy atom. The van der Waals surface area contributed by atoms with Gasteiger partial charge in [-0.3, -0.25) is 4.90 Å². The molecule has 0 fully saturated rings.